The van der Waals surface area contributed by atoms with Gasteiger partial charge in [-0.25, -0.2) is 0 Å². The summed E-state index contributed by atoms with van der Waals surface area (Å²) in [6.07, 6.45) is 10.0. The third-order valence-electron chi connectivity index (χ3n) is 5.14. The molecular formula is C18H36N2O. The van der Waals surface area contributed by atoms with Crippen molar-refractivity contribution >= 4 is 0 Å². The summed E-state index contributed by atoms with van der Waals surface area (Å²) in [5.74, 6) is 1.77. The van der Waals surface area contributed by atoms with Crippen molar-refractivity contribution in [3.05, 3.63) is 0 Å². The van der Waals surface area contributed by atoms with Crippen LogP contribution in [0.15, 0.2) is 0 Å². The molecule has 1 atom stereocenters. The van der Waals surface area contributed by atoms with E-state index in [-0.39, 0.29) is 0 Å². The third-order valence-corrected chi connectivity index (χ3v) is 5.14. The highest BCUT2D eigenvalue weighted by Gasteiger charge is 2.21. The summed E-state index contributed by atoms with van der Waals surface area (Å²) in [7, 11) is 0. The van der Waals surface area contributed by atoms with Gasteiger partial charge in [0.1, 0.15) is 0 Å². The monoisotopic (exact) mass is 296 g/mol. The summed E-state index contributed by atoms with van der Waals surface area (Å²) >= 11 is 0. The molecule has 0 aromatic rings. The number of nitrogens with one attached hydrogen (secondary N) is 1. The molecule has 1 N–H and O–H groups in total. The third kappa shape index (κ3) is 6.66. The van der Waals surface area contributed by atoms with Crippen LogP contribution in [0.25, 0.3) is 0 Å². The fourth-order valence-electron chi connectivity index (χ4n) is 3.90. The van der Waals surface area contributed by atoms with E-state index >= 15 is 0 Å². The molecule has 2 aliphatic rings. The molecule has 0 bridgehead atoms. The Morgan fingerprint density at radius 1 is 1.10 bits per heavy atom. The molecule has 1 aliphatic heterocycles. The number of ether oxygens (including phenoxy) is 1. The first-order valence-corrected chi connectivity index (χ1v) is 9.28. The standard InChI is InChI=1S/C18H36N2O/c1-16(2)14-18(20-10-12-21-13-11-20)15-19-9-8-17-6-4-3-5-7-17/h16-19H,3-15H2,1-2H3. The summed E-state index contributed by atoms with van der Waals surface area (Å²) in [5.41, 5.74) is 0. The molecule has 0 radical (unpaired) electrons. The van der Waals surface area contributed by atoms with Crippen LogP contribution in [0.2, 0.25) is 0 Å². The van der Waals surface area contributed by atoms with Gasteiger partial charge in [-0.05, 0) is 31.2 Å². The number of hydrogen-bond donors (Lipinski definition) is 1. The van der Waals surface area contributed by atoms with E-state index in [1.807, 2.05) is 0 Å². The SMILES string of the molecule is CC(C)CC(CNCCC1CCCCC1)N1CCOCC1. The van der Waals surface area contributed by atoms with Crippen LogP contribution in [-0.2, 0) is 4.74 Å². The van der Waals surface area contributed by atoms with Gasteiger partial charge >= 0.3 is 0 Å². The van der Waals surface area contributed by atoms with E-state index in [9.17, 15) is 0 Å². The summed E-state index contributed by atoms with van der Waals surface area (Å²) in [6.45, 7) is 11.1. The second-order valence-corrected chi connectivity index (χ2v) is 7.43. The van der Waals surface area contributed by atoms with Crippen molar-refractivity contribution in [3.8, 4) is 0 Å². The van der Waals surface area contributed by atoms with Gasteiger partial charge in [0.15, 0.2) is 0 Å². The highest BCUT2D eigenvalue weighted by molar-refractivity contribution is 4.78. The van der Waals surface area contributed by atoms with E-state index in [0.717, 1.165) is 44.7 Å². The topological polar surface area (TPSA) is 24.5 Å². The molecule has 3 nitrogen and oxygen atoms in total. The first-order valence-electron chi connectivity index (χ1n) is 9.28. The summed E-state index contributed by atoms with van der Waals surface area (Å²) in [5, 5.41) is 3.75. The quantitative estimate of drug-likeness (QED) is 0.696. The van der Waals surface area contributed by atoms with Crippen LogP contribution in [0.5, 0.6) is 0 Å². The maximum Gasteiger partial charge on any atom is 0.0594 e. The molecule has 124 valence electrons. The zero-order valence-corrected chi connectivity index (χ0v) is 14.3. The molecular weight excluding hydrogens is 260 g/mol. The zero-order chi connectivity index (χ0) is 14.9. The molecule has 1 heterocycles. The van der Waals surface area contributed by atoms with E-state index in [4.69, 9.17) is 4.74 Å². The highest BCUT2D eigenvalue weighted by atomic mass is 16.5. The van der Waals surface area contributed by atoms with Crippen LogP contribution in [-0.4, -0.2) is 50.3 Å². The molecule has 0 spiro atoms. The fraction of sp³-hybridized carbons (Fsp3) is 1.00. The number of nitrogens with zero attached hydrogens (tertiary/aromatic N) is 1. The zero-order valence-electron chi connectivity index (χ0n) is 14.3. The Bertz CT molecular complexity index is 258. The van der Waals surface area contributed by atoms with Gasteiger partial charge in [-0.15, -0.1) is 0 Å². The Kier molecular flexibility index (Phi) is 8.05. The van der Waals surface area contributed by atoms with Crippen molar-refractivity contribution in [2.24, 2.45) is 11.8 Å². The van der Waals surface area contributed by atoms with Gasteiger partial charge in [-0.1, -0.05) is 46.0 Å². The molecule has 0 aromatic carbocycles. The Hall–Kier alpha value is -0.120. The minimum atomic E-state index is 0.695. The van der Waals surface area contributed by atoms with Gasteiger partial charge < -0.3 is 10.1 Å². The number of hydrogen-bond acceptors (Lipinski definition) is 3. The minimum Gasteiger partial charge on any atom is -0.379 e. The molecule has 0 amide bonds. The summed E-state index contributed by atoms with van der Waals surface area (Å²) in [6, 6.07) is 0.695. The van der Waals surface area contributed by atoms with Gasteiger partial charge in [0.2, 0.25) is 0 Å². The number of morpholine rings is 1. The van der Waals surface area contributed by atoms with Crippen molar-refractivity contribution in [2.45, 2.75) is 64.8 Å². The molecule has 0 aromatic heterocycles. The largest absolute Gasteiger partial charge is 0.379 e. The van der Waals surface area contributed by atoms with Crippen LogP contribution in [0.4, 0.5) is 0 Å². The van der Waals surface area contributed by atoms with Crippen LogP contribution in [0, 0.1) is 11.8 Å². The van der Waals surface area contributed by atoms with Crippen molar-refractivity contribution < 1.29 is 4.74 Å². The smallest absolute Gasteiger partial charge is 0.0594 e. The predicted molar refractivity (Wildman–Crippen MR) is 89.7 cm³/mol. The first-order chi connectivity index (χ1) is 10.3. The van der Waals surface area contributed by atoms with Crippen LogP contribution in [0.3, 0.4) is 0 Å². The maximum absolute atomic E-state index is 5.50. The van der Waals surface area contributed by atoms with E-state index in [2.05, 4.69) is 24.1 Å². The Balaban J connectivity index is 1.65. The Labute approximate surface area is 131 Å². The fourth-order valence-corrected chi connectivity index (χ4v) is 3.90. The van der Waals surface area contributed by atoms with E-state index in [1.54, 1.807) is 0 Å². The predicted octanol–water partition coefficient (Wildman–Crippen LogP) is 3.29. The number of rotatable bonds is 8. The van der Waals surface area contributed by atoms with Crippen molar-refractivity contribution in [3.63, 3.8) is 0 Å². The Morgan fingerprint density at radius 3 is 2.48 bits per heavy atom. The first kappa shape index (κ1) is 17.2. The highest BCUT2D eigenvalue weighted by Crippen LogP contribution is 2.25. The van der Waals surface area contributed by atoms with Crippen molar-refractivity contribution in [1.29, 1.82) is 0 Å². The van der Waals surface area contributed by atoms with E-state index < -0.39 is 0 Å². The molecule has 2 fully saturated rings. The average Bonchev–Trinajstić information content (AvgIpc) is 2.52. The van der Waals surface area contributed by atoms with Gasteiger partial charge in [0.05, 0.1) is 13.2 Å². The normalized spacial score (nSPS) is 23.6. The van der Waals surface area contributed by atoms with Gasteiger partial charge in [0, 0.05) is 25.7 Å². The maximum atomic E-state index is 5.50. The van der Waals surface area contributed by atoms with Crippen molar-refractivity contribution in [2.75, 3.05) is 39.4 Å². The van der Waals surface area contributed by atoms with Gasteiger partial charge in [-0.3, -0.25) is 4.90 Å². The van der Waals surface area contributed by atoms with Crippen LogP contribution >= 0.6 is 0 Å². The lowest BCUT2D eigenvalue weighted by molar-refractivity contribution is 0.0123. The average molecular weight is 296 g/mol. The minimum absolute atomic E-state index is 0.695. The lowest BCUT2D eigenvalue weighted by Gasteiger charge is -2.35. The molecule has 3 heteroatoms. The summed E-state index contributed by atoms with van der Waals surface area (Å²) < 4.78 is 5.50. The van der Waals surface area contributed by atoms with Crippen molar-refractivity contribution in [1.82, 2.24) is 10.2 Å². The molecule has 2 rings (SSSR count). The lowest BCUT2D eigenvalue weighted by atomic mass is 9.87. The lowest BCUT2D eigenvalue weighted by Crippen LogP contribution is -2.48. The van der Waals surface area contributed by atoms with Gasteiger partial charge in [-0.2, -0.15) is 0 Å². The molecule has 21 heavy (non-hydrogen) atoms. The molecule has 1 saturated carbocycles. The molecule has 1 aliphatic carbocycles. The molecule has 1 saturated heterocycles. The van der Waals surface area contributed by atoms with E-state index in [0.29, 0.717) is 6.04 Å². The van der Waals surface area contributed by atoms with Crippen LogP contribution < -0.4 is 5.32 Å². The molecule has 1 unspecified atom stereocenters. The second-order valence-electron chi connectivity index (χ2n) is 7.43. The summed E-state index contributed by atoms with van der Waals surface area (Å²) in [4.78, 5) is 2.64. The van der Waals surface area contributed by atoms with Gasteiger partial charge in [0.25, 0.3) is 0 Å². The van der Waals surface area contributed by atoms with Crippen LogP contribution in [0.1, 0.15) is 58.8 Å². The Morgan fingerprint density at radius 2 is 1.81 bits per heavy atom. The second kappa shape index (κ2) is 9.81. The van der Waals surface area contributed by atoms with E-state index in [1.165, 1.54) is 51.5 Å².